The molecule has 0 amide bonds. The average Bonchev–Trinajstić information content (AvgIpc) is 3.02. The maximum atomic E-state index is 15.1. The zero-order valence-corrected chi connectivity index (χ0v) is 25.7. The Labute approximate surface area is 268 Å². The Balaban J connectivity index is 1.12. The van der Waals surface area contributed by atoms with Crippen molar-refractivity contribution in [2.45, 2.75) is 89.1 Å². The van der Waals surface area contributed by atoms with E-state index in [1.807, 2.05) is 12.1 Å². The molecule has 3 aromatic rings. The van der Waals surface area contributed by atoms with E-state index in [0.29, 0.717) is 36.8 Å². The van der Waals surface area contributed by atoms with Crippen LogP contribution >= 0.6 is 0 Å². The van der Waals surface area contributed by atoms with Gasteiger partial charge in [-0.1, -0.05) is 50.1 Å². The van der Waals surface area contributed by atoms with Crippen LogP contribution in [0.1, 0.15) is 74.5 Å². The van der Waals surface area contributed by atoms with Gasteiger partial charge in [0.1, 0.15) is 23.3 Å². The first-order valence-electron chi connectivity index (χ1n) is 15.8. The van der Waals surface area contributed by atoms with E-state index in [9.17, 15) is 26.3 Å². The molecule has 0 radical (unpaired) electrons. The van der Waals surface area contributed by atoms with Crippen LogP contribution < -0.4 is 4.74 Å². The van der Waals surface area contributed by atoms with Gasteiger partial charge in [0.25, 0.3) is 0 Å². The fraction of sp³-hybridized carbons (Fsp3) is 0.486. The monoisotopic (exact) mass is 672 g/mol. The molecule has 1 saturated carbocycles. The van der Waals surface area contributed by atoms with Crippen molar-refractivity contribution in [1.82, 2.24) is 0 Å². The van der Waals surface area contributed by atoms with Gasteiger partial charge in [-0.15, -0.1) is 13.2 Å². The van der Waals surface area contributed by atoms with Crippen molar-refractivity contribution in [1.29, 1.82) is 0 Å². The van der Waals surface area contributed by atoms with Crippen molar-refractivity contribution >= 4 is 0 Å². The first-order chi connectivity index (χ1) is 22.3. The Morgan fingerprint density at radius 2 is 1.38 bits per heavy atom. The second-order valence-electron chi connectivity index (χ2n) is 12.1. The smallest absolute Gasteiger partial charge is 0.403 e. The van der Waals surface area contributed by atoms with E-state index in [-0.39, 0.29) is 30.6 Å². The minimum atomic E-state index is -5.00. The lowest BCUT2D eigenvalue weighted by atomic mass is 9.78. The first-order valence-corrected chi connectivity index (χ1v) is 15.8. The van der Waals surface area contributed by atoms with Crippen LogP contribution in [0.25, 0.3) is 11.1 Å². The second kappa shape index (κ2) is 14.9. The quantitative estimate of drug-likeness (QED) is 0.150. The molecule has 0 spiro atoms. The van der Waals surface area contributed by atoms with Gasteiger partial charge >= 0.3 is 12.5 Å². The number of halogens is 8. The summed E-state index contributed by atoms with van der Waals surface area (Å²) < 4.78 is 131. The molecule has 5 rings (SSSR count). The molecular weight excluding hydrogens is 636 g/mol. The van der Waals surface area contributed by atoms with Crippen LogP contribution in [0.15, 0.2) is 54.6 Å². The lowest BCUT2D eigenvalue weighted by molar-refractivity contribution is -0.326. The fourth-order valence-electron chi connectivity index (χ4n) is 6.27. The summed E-state index contributed by atoms with van der Waals surface area (Å²) in [5, 5.41) is 0. The SMILES string of the molecule is CCCCCc1ccc(-c2cc(F)c(C(F)(F)OC3COC(C4CCC(c5ccc(OC(F)(F)F)c(F)c5)CC4)OC3)c(F)c2)cc1. The van der Waals surface area contributed by atoms with E-state index < -0.39 is 53.6 Å². The van der Waals surface area contributed by atoms with Gasteiger partial charge < -0.3 is 18.9 Å². The molecule has 2 fully saturated rings. The van der Waals surface area contributed by atoms with Crippen molar-refractivity contribution in [2.75, 3.05) is 13.2 Å². The van der Waals surface area contributed by atoms with Gasteiger partial charge in [-0.2, -0.15) is 8.78 Å². The highest BCUT2D eigenvalue weighted by Crippen LogP contribution is 2.41. The van der Waals surface area contributed by atoms with Gasteiger partial charge in [0.2, 0.25) is 0 Å². The number of ether oxygens (including phenoxy) is 4. The fourth-order valence-corrected chi connectivity index (χ4v) is 6.27. The maximum Gasteiger partial charge on any atom is 0.573 e. The van der Waals surface area contributed by atoms with E-state index in [4.69, 9.17) is 14.2 Å². The summed E-state index contributed by atoms with van der Waals surface area (Å²) in [5.74, 6) is -5.11. The number of hydrogen-bond donors (Lipinski definition) is 0. The number of benzene rings is 3. The van der Waals surface area contributed by atoms with E-state index in [1.165, 1.54) is 6.07 Å². The third-order valence-corrected chi connectivity index (χ3v) is 8.71. The molecule has 1 aliphatic carbocycles. The van der Waals surface area contributed by atoms with Crippen LogP contribution in [0.5, 0.6) is 5.75 Å². The lowest BCUT2D eigenvalue weighted by Crippen LogP contribution is -2.44. The summed E-state index contributed by atoms with van der Waals surface area (Å²) in [4.78, 5) is 0. The van der Waals surface area contributed by atoms with E-state index >= 15 is 8.78 Å². The highest BCUT2D eigenvalue weighted by atomic mass is 19.4. The van der Waals surface area contributed by atoms with Gasteiger partial charge in [0.05, 0.1) is 13.2 Å². The van der Waals surface area contributed by atoms with Crippen LogP contribution in [-0.4, -0.2) is 32.0 Å². The summed E-state index contributed by atoms with van der Waals surface area (Å²) in [5.41, 5.74) is 0.745. The van der Waals surface area contributed by atoms with Crippen molar-refractivity contribution in [2.24, 2.45) is 5.92 Å². The zero-order valence-electron chi connectivity index (χ0n) is 25.7. The number of unbranched alkanes of at least 4 members (excludes halogenated alkanes) is 2. The second-order valence-corrected chi connectivity index (χ2v) is 12.1. The molecule has 0 aromatic heterocycles. The van der Waals surface area contributed by atoms with Crippen molar-refractivity contribution in [3.05, 3.63) is 88.7 Å². The minimum Gasteiger partial charge on any atom is -0.403 e. The Morgan fingerprint density at radius 1 is 0.745 bits per heavy atom. The van der Waals surface area contributed by atoms with Crippen LogP contribution in [0.4, 0.5) is 35.1 Å². The van der Waals surface area contributed by atoms with Crippen LogP contribution in [0, 0.1) is 23.4 Å². The summed E-state index contributed by atoms with van der Waals surface area (Å²) in [6.45, 7) is 1.52. The highest BCUT2D eigenvalue weighted by Gasteiger charge is 2.44. The molecule has 0 atom stereocenters. The molecule has 1 saturated heterocycles. The Morgan fingerprint density at radius 3 is 1.96 bits per heavy atom. The predicted octanol–water partition coefficient (Wildman–Crippen LogP) is 10.2. The molecule has 12 heteroatoms. The van der Waals surface area contributed by atoms with Crippen molar-refractivity contribution in [3.8, 4) is 16.9 Å². The topological polar surface area (TPSA) is 36.9 Å². The number of rotatable bonds is 11. The molecule has 256 valence electrons. The Kier molecular flexibility index (Phi) is 11.1. The van der Waals surface area contributed by atoms with Crippen LogP contribution in [0.3, 0.4) is 0 Å². The maximum absolute atomic E-state index is 15.1. The van der Waals surface area contributed by atoms with Gasteiger partial charge in [0, 0.05) is 5.92 Å². The normalized spacial score (nSPS) is 22.3. The van der Waals surface area contributed by atoms with E-state index in [0.717, 1.165) is 55.5 Å². The number of hydrogen-bond acceptors (Lipinski definition) is 4. The van der Waals surface area contributed by atoms with Crippen molar-refractivity contribution in [3.63, 3.8) is 0 Å². The average molecular weight is 673 g/mol. The zero-order chi connectivity index (χ0) is 33.8. The Bertz CT molecular complexity index is 1450. The number of alkyl halides is 5. The summed E-state index contributed by atoms with van der Waals surface area (Å²) >= 11 is 0. The molecular formula is C35H36F8O4. The highest BCUT2D eigenvalue weighted by molar-refractivity contribution is 5.64. The molecule has 0 unspecified atom stereocenters. The van der Waals surface area contributed by atoms with E-state index in [1.54, 1.807) is 12.1 Å². The molecule has 1 heterocycles. The van der Waals surface area contributed by atoms with Gasteiger partial charge in [-0.3, -0.25) is 0 Å². The Hall–Kier alpha value is -3.22. The third kappa shape index (κ3) is 9.03. The van der Waals surface area contributed by atoms with Gasteiger partial charge in [-0.05, 0) is 91.0 Å². The first kappa shape index (κ1) is 35.1. The van der Waals surface area contributed by atoms with Gasteiger partial charge in [-0.25, -0.2) is 13.2 Å². The lowest BCUT2D eigenvalue weighted by Gasteiger charge is -2.38. The van der Waals surface area contributed by atoms with E-state index in [2.05, 4.69) is 11.7 Å². The third-order valence-electron chi connectivity index (χ3n) is 8.71. The van der Waals surface area contributed by atoms with Crippen LogP contribution in [-0.2, 0) is 26.7 Å². The summed E-state index contributed by atoms with van der Waals surface area (Å²) in [6.07, 6.45) is -4.95. The largest absolute Gasteiger partial charge is 0.573 e. The molecule has 3 aromatic carbocycles. The molecule has 2 aliphatic rings. The predicted molar refractivity (Wildman–Crippen MR) is 157 cm³/mol. The van der Waals surface area contributed by atoms with Crippen LogP contribution in [0.2, 0.25) is 0 Å². The standard InChI is InChI=1S/C35H36F8O4/c1-2-3-4-5-21-6-8-23(9-7-21)26-17-29(37)32(30(38)18-26)34(39,40)46-27-19-44-33(45-20-27)24-12-10-22(11-13-24)25-14-15-31(28(36)16-25)47-35(41,42)43/h6-9,14-18,22,24,27,33H,2-5,10-13,19-20H2,1H3. The molecule has 1 aliphatic heterocycles. The molecule has 4 nitrogen and oxygen atoms in total. The molecule has 0 bridgehead atoms. The number of aryl methyl sites for hydroxylation is 1. The summed E-state index contributed by atoms with van der Waals surface area (Å²) in [7, 11) is 0. The van der Waals surface area contributed by atoms with Gasteiger partial charge in [0.15, 0.2) is 17.9 Å². The molecule has 0 N–H and O–H groups in total. The van der Waals surface area contributed by atoms with Crippen molar-refractivity contribution < 1.29 is 54.1 Å². The minimum absolute atomic E-state index is 0.106. The summed E-state index contributed by atoms with van der Waals surface area (Å²) in [6, 6.07) is 12.2. The molecule has 47 heavy (non-hydrogen) atoms.